The lowest BCUT2D eigenvalue weighted by Gasteiger charge is -2.15. The summed E-state index contributed by atoms with van der Waals surface area (Å²) >= 11 is 0. The topological polar surface area (TPSA) is 161 Å². The Labute approximate surface area is 226 Å². The van der Waals surface area contributed by atoms with E-state index in [1.54, 1.807) is 13.0 Å². The number of rotatable bonds is 8. The van der Waals surface area contributed by atoms with E-state index < -0.39 is 67.2 Å². The highest BCUT2D eigenvalue weighted by atomic mass is 19.4. The Hall–Kier alpha value is -5.47. The summed E-state index contributed by atoms with van der Waals surface area (Å²) in [5, 5.41) is 22.2. The summed E-state index contributed by atoms with van der Waals surface area (Å²) in [4.78, 5) is 46.5. The predicted octanol–water partition coefficient (Wildman–Crippen LogP) is 6.35. The van der Waals surface area contributed by atoms with Gasteiger partial charge in [-0.2, -0.15) is 13.2 Å². The zero-order chi connectivity index (χ0) is 30.1. The van der Waals surface area contributed by atoms with Crippen LogP contribution in [0.25, 0.3) is 11.0 Å². The maximum atomic E-state index is 13.9. The number of nitro groups is 2. The molecule has 1 heterocycles. The fourth-order valence-corrected chi connectivity index (χ4v) is 3.77. The first-order valence-corrected chi connectivity index (χ1v) is 11.5. The maximum absolute atomic E-state index is 13.9. The van der Waals surface area contributed by atoms with Gasteiger partial charge >= 0.3 is 12.1 Å². The summed E-state index contributed by atoms with van der Waals surface area (Å²) in [5.41, 5.74) is -4.12. The van der Waals surface area contributed by atoms with Crippen LogP contribution in [0.1, 0.15) is 28.6 Å². The van der Waals surface area contributed by atoms with Gasteiger partial charge in [-0.25, -0.2) is 4.79 Å². The molecule has 0 unspecified atom stereocenters. The minimum absolute atomic E-state index is 0.0847. The van der Waals surface area contributed by atoms with Gasteiger partial charge < -0.3 is 18.6 Å². The van der Waals surface area contributed by atoms with Crippen LogP contribution in [0.3, 0.4) is 0 Å². The monoisotopic (exact) mass is 574 g/mol. The number of carbonyl (C=O) groups is 1. The zero-order valence-electron chi connectivity index (χ0n) is 21.0. The lowest BCUT2D eigenvalue weighted by atomic mass is 10.1. The Kier molecular flexibility index (Phi) is 7.62. The smallest absolute Gasteiger partial charge is 0.453 e. The molecule has 0 aliphatic carbocycles. The van der Waals surface area contributed by atoms with Crippen molar-refractivity contribution in [3.05, 3.63) is 102 Å². The molecule has 0 bridgehead atoms. The molecule has 0 saturated heterocycles. The molecule has 0 atom stereocenters. The van der Waals surface area contributed by atoms with Gasteiger partial charge in [-0.05, 0) is 38.1 Å². The van der Waals surface area contributed by atoms with E-state index in [0.29, 0.717) is 0 Å². The van der Waals surface area contributed by atoms with Gasteiger partial charge in [0.1, 0.15) is 16.9 Å². The largest absolute Gasteiger partial charge is 0.490 e. The van der Waals surface area contributed by atoms with E-state index >= 15 is 0 Å². The number of nitrogens with zero attached hydrogens (tertiary/aromatic N) is 2. The van der Waals surface area contributed by atoms with Crippen LogP contribution in [0.15, 0.2) is 63.8 Å². The molecule has 0 spiro atoms. The molecule has 212 valence electrons. The predicted molar refractivity (Wildman–Crippen MR) is 135 cm³/mol. The summed E-state index contributed by atoms with van der Waals surface area (Å²) in [6.45, 7) is 2.94. The van der Waals surface area contributed by atoms with Gasteiger partial charge in [0.25, 0.3) is 17.1 Å². The Balaban J connectivity index is 1.76. The van der Waals surface area contributed by atoms with E-state index in [1.165, 1.54) is 18.2 Å². The van der Waals surface area contributed by atoms with Crippen molar-refractivity contribution in [3.8, 4) is 23.0 Å². The van der Waals surface area contributed by atoms with Crippen molar-refractivity contribution >= 4 is 28.3 Å². The summed E-state index contributed by atoms with van der Waals surface area (Å²) < 4.78 is 62.6. The lowest BCUT2D eigenvalue weighted by Crippen LogP contribution is -2.16. The number of fused-ring (bicyclic) bond motifs is 1. The Morgan fingerprint density at radius 2 is 1.59 bits per heavy atom. The number of para-hydroxylation sites is 2. The normalized spacial score (nSPS) is 11.2. The van der Waals surface area contributed by atoms with Crippen LogP contribution < -0.4 is 19.6 Å². The van der Waals surface area contributed by atoms with Crippen molar-refractivity contribution < 1.29 is 46.4 Å². The molecule has 0 aliphatic rings. The number of ether oxygens (including phenoxy) is 3. The molecule has 0 N–H and O–H groups in total. The van der Waals surface area contributed by atoms with Crippen LogP contribution in [0.4, 0.5) is 24.5 Å². The standard InChI is InChI=1S/C26H17F3N2O10/c1-3-38-19-6-4-5-7-20(19)40-23-22(32)16-9-8-15(12-21(16)41-24(23)26(27,28)29)39-25(33)14-10-17(30(34)35)13(2)18(11-14)31(36)37/h4-12H,3H2,1-2H3. The van der Waals surface area contributed by atoms with E-state index in [-0.39, 0.29) is 29.1 Å². The van der Waals surface area contributed by atoms with Crippen molar-refractivity contribution in [1.82, 2.24) is 0 Å². The molecule has 41 heavy (non-hydrogen) atoms. The van der Waals surface area contributed by atoms with Crippen LogP contribution in [-0.2, 0) is 6.18 Å². The van der Waals surface area contributed by atoms with Crippen molar-refractivity contribution in [3.63, 3.8) is 0 Å². The summed E-state index contributed by atoms with van der Waals surface area (Å²) in [6, 6.07) is 10.2. The first-order chi connectivity index (χ1) is 19.3. The van der Waals surface area contributed by atoms with Gasteiger partial charge in [-0.3, -0.25) is 25.0 Å². The van der Waals surface area contributed by atoms with Crippen molar-refractivity contribution in [1.29, 1.82) is 0 Å². The number of esters is 1. The van der Waals surface area contributed by atoms with Gasteiger partial charge in [0.05, 0.1) is 27.4 Å². The molecule has 0 fully saturated rings. The second-order valence-electron chi connectivity index (χ2n) is 8.27. The second-order valence-corrected chi connectivity index (χ2v) is 8.27. The first kappa shape index (κ1) is 28.5. The van der Waals surface area contributed by atoms with Crippen LogP contribution in [0.5, 0.6) is 23.0 Å². The molecular formula is C26H17F3N2O10. The summed E-state index contributed by atoms with van der Waals surface area (Å²) in [5.74, 6) is -4.71. The fourth-order valence-electron chi connectivity index (χ4n) is 3.77. The average Bonchev–Trinajstić information content (AvgIpc) is 2.90. The van der Waals surface area contributed by atoms with Crippen LogP contribution in [0.2, 0.25) is 0 Å². The van der Waals surface area contributed by atoms with E-state index in [0.717, 1.165) is 37.3 Å². The molecule has 0 amide bonds. The Morgan fingerprint density at radius 3 is 2.15 bits per heavy atom. The van der Waals surface area contributed by atoms with Crippen LogP contribution >= 0.6 is 0 Å². The van der Waals surface area contributed by atoms with Crippen molar-refractivity contribution in [2.24, 2.45) is 0 Å². The number of carbonyl (C=O) groups excluding carboxylic acids is 1. The van der Waals surface area contributed by atoms with E-state index in [4.69, 9.17) is 18.6 Å². The van der Waals surface area contributed by atoms with Crippen LogP contribution in [0, 0.1) is 27.2 Å². The molecule has 4 rings (SSSR count). The number of hydrogen-bond acceptors (Lipinski definition) is 10. The third kappa shape index (κ3) is 5.78. The molecule has 15 heteroatoms. The van der Waals surface area contributed by atoms with E-state index in [9.17, 15) is 43.0 Å². The third-order valence-corrected chi connectivity index (χ3v) is 5.63. The lowest BCUT2D eigenvalue weighted by molar-refractivity contribution is -0.395. The van der Waals surface area contributed by atoms with Gasteiger partial charge in [0.2, 0.25) is 11.2 Å². The molecule has 0 aliphatic heterocycles. The minimum atomic E-state index is -5.18. The third-order valence-electron chi connectivity index (χ3n) is 5.63. The maximum Gasteiger partial charge on any atom is 0.453 e. The Bertz CT molecular complexity index is 1730. The highest BCUT2D eigenvalue weighted by Crippen LogP contribution is 2.40. The van der Waals surface area contributed by atoms with Gasteiger partial charge in [0, 0.05) is 18.2 Å². The van der Waals surface area contributed by atoms with Gasteiger partial charge in [0.15, 0.2) is 11.5 Å². The SMILES string of the molecule is CCOc1ccccc1Oc1c(C(F)(F)F)oc2cc(OC(=O)c3cc([N+](=O)[O-])c(C)c([N+](=O)[O-])c3)ccc2c1=O. The number of alkyl halides is 3. The van der Waals surface area contributed by atoms with E-state index in [1.807, 2.05) is 0 Å². The second kappa shape index (κ2) is 11.0. The van der Waals surface area contributed by atoms with Gasteiger partial charge in [-0.1, -0.05) is 12.1 Å². The average molecular weight is 574 g/mol. The van der Waals surface area contributed by atoms with Crippen LogP contribution in [-0.4, -0.2) is 22.4 Å². The Morgan fingerprint density at radius 1 is 0.976 bits per heavy atom. The molecule has 12 nitrogen and oxygen atoms in total. The molecule has 3 aromatic carbocycles. The molecular weight excluding hydrogens is 557 g/mol. The minimum Gasteiger partial charge on any atom is -0.490 e. The molecule has 0 radical (unpaired) electrons. The zero-order valence-corrected chi connectivity index (χ0v) is 21.0. The summed E-state index contributed by atoms with van der Waals surface area (Å²) in [7, 11) is 0. The molecule has 1 aromatic heterocycles. The fraction of sp³-hybridized carbons (Fsp3) is 0.154. The first-order valence-electron chi connectivity index (χ1n) is 11.5. The number of hydrogen-bond donors (Lipinski definition) is 0. The number of benzene rings is 3. The van der Waals surface area contributed by atoms with E-state index in [2.05, 4.69) is 0 Å². The van der Waals surface area contributed by atoms with Gasteiger partial charge in [-0.15, -0.1) is 0 Å². The molecule has 0 saturated carbocycles. The highest BCUT2D eigenvalue weighted by molar-refractivity contribution is 5.93. The highest BCUT2D eigenvalue weighted by Gasteiger charge is 2.41. The number of halogens is 3. The summed E-state index contributed by atoms with van der Waals surface area (Å²) in [6.07, 6.45) is -5.18. The quantitative estimate of drug-likeness (QED) is 0.100. The van der Waals surface area contributed by atoms with Crippen molar-refractivity contribution in [2.75, 3.05) is 6.61 Å². The number of nitro benzene ring substituents is 2. The molecule has 4 aromatic rings. The van der Waals surface area contributed by atoms with Crippen molar-refractivity contribution in [2.45, 2.75) is 20.0 Å².